The zero-order chi connectivity index (χ0) is 18.0. The van der Waals surface area contributed by atoms with Gasteiger partial charge in [0.1, 0.15) is 0 Å². The van der Waals surface area contributed by atoms with Gasteiger partial charge in [-0.15, -0.1) is 0 Å². The number of aliphatic hydroxyl groups is 1. The molecule has 0 unspecified atom stereocenters. The van der Waals surface area contributed by atoms with E-state index in [1.54, 1.807) is 45.0 Å². The van der Waals surface area contributed by atoms with Gasteiger partial charge in [0.2, 0.25) is 0 Å². The molecule has 0 aromatic heterocycles. The molecule has 0 amide bonds. The maximum absolute atomic E-state index is 11.2. The molecule has 0 aliphatic carbocycles. The number of aliphatic hydroxyl groups excluding tert-OH is 1. The van der Waals surface area contributed by atoms with Gasteiger partial charge in [-0.25, -0.2) is 4.79 Å². The summed E-state index contributed by atoms with van der Waals surface area (Å²) in [6.07, 6.45) is -0.135. The second kappa shape index (κ2) is 12.1. The Kier molecular flexibility index (Phi) is 12.6. The van der Waals surface area contributed by atoms with E-state index in [9.17, 15) is 14.7 Å². The van der Waals surface area contributed by atoms with E-state index in [2.05, 4.69) is 23.3 Å². The number of carbonyl (C=O) groups is 1. The Balaban J connectivity index is 0. The van der Waals surface area contributed by atoms with Crippen LogP contribution in [0.15, 0.2) is 24.3 Å². The first-order valence-electron chi connectivity index (χ1n) is 7.20. The van der Waals surface area contributed by atoms with Gasteiger partial charge in [0.25, 0.3) is 0 Å². The maximum atomic E-state index is 11.2. The van der Waals surface area contributed by atoms with Crippen LogP contribution < -0.4 is 18.9 Å². The fraction of sp³-hybridized carbons (Fsp3) is 0.444. The molecule has 24 heavy (non-hydrogen) atoms. The third-order valence-electron chi connectivity index (χ3n) is 2.88. The molecule has 130 valence electrons. The second-order valence-electron chi connectivity index (χ2n) is 5.87. The molecule has 0 spiro atoms. The van der Waals surface area contributed by atoms with Gasteiger partial charge < -0.3 is 33.2 Å². The Hall–Kier alpha value is -1.28. The molecule has 0 heterocycles. The fourth-order valence-electron chi connectivity index (χ4n) is 1.69. The van der Waals surface area contributed by atoms with Crippen molar-refractivity contribution in [2.45, 2.75) is 44.8 Å². The standard InChI is InChI=1S/C13H16O3.C5H9O2.Li/c1-4-12(9(2)14)10-5-7-11(8-6-10)13(15)16-3;1-5(2,3)7-4-6;/h5-9,12,14H,1-2,4H2,3H3;1-3H3;/q-2;-1;+1/t9-,12-;;/m1../s1. The zero-order valence-corrected chi connectivity index (χ0v) is 15.2. The van der Waals surface area contributed by atoms with Crippen molar-refractivity contribution in [3.63, 3.8) is 0 Å². The van der Waals surface area contributed by atoms with Crippen LogP contribution in [0.2, 0.25) is 0 Å². The summed E-state index contributed by atoms with van der Waals surface area (Å²) in [6.45, 7) is 14.1. The molecule has 0 fully saturated rings. The van der Waals surface area contributed by atoms with Crippen molar-refractivity contribution in [1.82, 2.24) is 0 Å². The van der Waals surface area contributed by atoms with E-state index < -0.39 is 6.10 Å². The van der Waals surface area contributed by atoms with E-state index >= 15 is 0 Å². The summed E-state index contributed by atoms with van der Waals surface area (Å²) >= 11 is 0. The Bertz CT molecular complexity index is 477. The molecule has 0 radical (unpaired) electrons. The average Bonchev–Trinajstić information content (AvgIpc) is 2.47. The minimum absolute atomic E-state index is 0. The number of benzene rings is 1. The third kappa shape index (κ3) is 9.77. The Morgan fingerprint density at radius 3 is 2.04 bits per heavy atom. The predicted molar refractivity (Wildman–Crippen MR) is 88.4 cm³/mol. The summed E-state index contributed by atoms with van der Waals surface area (Å²) in [5.74, 6) is -0.473. The van der Waals surface area contributed by atoms with Crippen LogP contribution in [0.4, 0.5) is 0 Å². The van der Waals surface area contributed by atoms with Crippen molar-refractivity contribution in [1.29, 1.82) is 0 Å². The molecule has 2 atom stereocenters. The molecule has 1 aromatic rings. The Morgan fingerprint density at radius 1 is 1.29 bits per heavy atom. The summed E-state index contributed by atoms with van der Waals surface area (Å²) in [5, 5.41) is 9.45. The maximum Gasteiger partial charge on any atom is 1.00 e. The van der Waals surface area contributed by atoms with E-state index in [-0.39, 0.29) is 36.3 Å². The number of esters is 1. The van der Waals surface area contributed by atoms with Gasteiger partial charge in [-0.2, -0.15) is 6.42 Å². The molecule has 6 heteroatoms. The van der Waals surface area contributed by atoms with Crippen LogP contribution in [0.1, 0.15) is 49.0 Å². The van der Waals surface area contributed by atoms with Crippen molar-refractivity contribution in [2.24, 2.45) is 0 Å². The molecule has 0 saturated carbocycles. The molecule has 0 saturated heterocycles. The third-order valence-corrected chi connectivity index (χ3v) is 2.88. The fourth-order valence-corrected chi connectivity index (χ4v) is 1.69. The van der Waals surface area contributed by atoms with Crippen LogP contribution in [-0.4, -0.2) is 36.4 Å². The molecule has 1 aromatic carbocycles. The van der Waals surface area contributed by atoms with Gasteiger partial charge in [0, 0.05) is 0 Å². The van der Waals surface area contributed by atoms with Crippen molar-refractivity contribution < 1.29 is 43.0 Å². The molecule has 0 aliphatic rings. The van der Waals surface area contributed by atoms with Crippen molar-refractivity contribution in [2.75, 3.05) is 7.11 Å². The minimum Gasteiger partial charge on any atom is -0.649 e. The quantitative estimate of drug-likeness (QED) is 0.462. The molecular formula is C18H25LiO5-2. The van der Waals surface area contributed by atoms with Gasteiger partial charge in [-0.3, -0.25) is 0 Å². The number of rotatable bonds is 5. The van der Waals surface area contributed by atoms with Crippen LogP contribution in [0.3, 0.4) is 0 Å². The van der Waals surface area contributed by atoms with E-state index in [1.165, 1.54) is 13.6 Å². The van der Waals surface area contributed by atoms with Gasteiger partial charge >= 0.3 is 24.8 Å². The Labute approximate surface area is 156 Å². The predicted octanol–water partition coefficient (Wildman–Crippen LogP) is -0.151. The minimum atomic E-state index is -0.693. The van der Waals surface area contributed by atoms with Gasteiger partial charge in [-0.05, 0) is 44.4 Å². The van der Waals surface area contributed by atoms with Crippen LogP contribution in [-0.2, 0) is 14.3 Å². The van der Waals surface area contributed by atoms with Gasteiger partial charge in [0.05, 0.1) is 18.3 Å². The number of methoxy groups -OCH3 is 1. The molecule has 5 nitrogen and oxygen atoms in total. The topological polar surface area (TPSA) is 72.8 Å². The summed E-state index contributed by atoms with van der Waals surface area (Å²) < 4.78 is 9.02. The molecule has 0 bridgehead atoms. The second-order valence-corrected chi connectivity index (χ2v) is 5.87. The monoisotopic (exact) mass is 328 g/mol. The van der Waals surface area contributed by atoms with Crippen molar-refractivity contribution in [3.05, 3.63) is 49.2 Å². The molecular weight excluding hydrogens is 303 g/mol. The summed E-state index contributed by atoms with van der Waals surface area (Å²) in [7, 11) is 1.34. The first-order valence-corrected chi connectivity index (χ1v) is 7.20. The van der Waals surface area contributed by atoms with Crippen molar-refractivity contribution >= 4 is 12.4 Å². The van der Waals surface area contributed by atoms with E-state index in [4.69, 9.17) is 0 Å². The Morgan fingerprint density at radius 2 is 1.79 bits per heavy atom. The largest absolute Gasteiger partial charge is 1.00 e. The summed E-state index contributed by atoms with van der Waals surface area (Å²) in [4.78, 5) is 20.7. The van der Waals surface area contributed by atoms with E-state index in [0.29, 0.717) is 12.0 Å². The van der Waals surface area contributed by atoms with Crippen molar-refractivity contribution in [3.8, 4) is 0 Å². The smallest absolute Gasteiger partial charge is 0.649 e. The number of hydrogen-bond donors (Lipinski definition) is 1. The van der Waals surface area contributed by atoms with Crippen LogP contribution in [0, 0.1) is 13.8 Å². The first-order chi connectivity index (χ1) is 10.7. The zero-order valence-electron chi connectivity index (χ0n) is 15.2. The van der Waals surface area contributed by atoms with E-state index in [0.717, 1.165) is 5.56 Å². The normalized spacial score (nSPS) is 12.6. The average molecular weight is 328 g/mol. The molecule has 0 aliphatic heterocycles. The number of carbonyl (C=O) groups excluding carboxylic acids is 2. The van der Waals surface area contributed by atoms with Gasteiger partial charge in [-0.1, -0.05) is 24.7 Å². The summed E-state index contributed by atoms with van der Waals surface area (Å²) in [6, 6.07) is 6.92. The summed E-state index contributed by atoms with van der Waals surface area (Å²) in [5.41, 5.74) is 1.04. The van der Waals surface area contributed by atoms with Crippen LogP contribution >= 0.6 is 0 Å². The SMILES string of the molecule is CC(C)(C)O[C-]=O.[CH2-]C[C@@H](c1ccc(C(=O)OC)cc1)[C@@H]([CH2-])O.[Li+]. The van der Waals surface area contributed by atoms with Crippen LogP contribution in [0.5, 0.6) is 0 Å². The van der Waals surface area contributed by atoms with Gasteiger partial charge in [0.15, 0.2) is 0 Å². The molecule has 1 N–H and O–H groups in total. The van der Waals surface area contributed by atoms with E-state index in [1.807, 2.05) is 0 Å². The van der Waals surface area contributed by atoms with Crippen LogP contribution in [0.25, 0.3) is 0 Å². The number of hydrogen-bond acceptors (Lipinski definition) is 5. The number of ether oxygens (including phenoxy) is 2. The molecule has 1 rings (SSSR count). The first kappa shape index (κ1) is 25.0.